The SMILES string of the molecule is COc1ccccc1N1CCC(NC(=NCC(=O)N(C)C)NC2CCCCC2)C1. The van der Waals surface area contributed by atoms with Gasteiger partial charge in [-0.15, -0.1) is 0 Å². The summed E-state index contributed by atoms with van der Waals surface area (Å²) in [5.74, 6) is 1.68. The number of anilines is 1. The summed E-state index contributed by atoms with van der Waals surface area (Å²) in [6.45, 7) is 2.01. The molecule has 2 N–H and O–H groups in total. The van der Waals surface area contributed by atoms with E-state index in [4.69, 9.17) is 4.74 Å². The molecule has 29 heavy (non-hydrogen) atoms. The Balaban J connectivity index is 1.63. The van der Waals surface area contributed by atoms with Crippen molar-refractivity contribution in [1.29, 1.82) is 0 Å². The standard InChI is InChI=1S/C22H35N5O2/c1-26(2)21(28)15-23-22(24-17-9-5-4-6-10-17)25-18-13-14-27(16-18)19-11-7-8-12-20(19)29-3/h7-8,11-12,17-18H,4-6,9-10,13-16H2,1-3H3,(H2,23,24,25). The van der Waals surface area contributed by atoms with E-state index in [0.29, 0.717) is 6.04 Å². The largest absolute Gasteiger partial charge is 0.495 e. The van der Waals surface area contributed by atoms with Crippen LogP contribution in [0, 0.1) is 0 Å². The van der Waals surface area contributed by atoms with Crippen LogP contribution in [0.15, 0.2) is 29.3 Å². The first-order valence-electron chi connectivity index (χ1n) is 10.7. The van der Waals surface area contributed by atoms with Crippen molar-refractivity contribution in [3.63, 3.8) is 0 Å². The van der Waals surface area contributed by atoms with E-state index in [-0.39, 0.29) is 18.5 Å². The molecule has 1 aromatic carbocycles. The fourth-order valence-electron chi connectivity index (χ4n) is 4.04. The highest BCUT2D eigenvalue weighted by molar-refractivity contribution is 5.85. The van der Waals surface area contributed by atoms with Crippen molar-refractivity contribution < 1.29 is 9.53 Å². The Labute approximate surface area is 174 Å². The van der Waals surface area contributed by atoms with Crippen LogP contribution in [0.3, 0.4) is 0 Å². The fourth-order valence-corrected chi connectivity index (χ4v) is 4.04. The number of amides is 1. The maximum Gasteiger partial charge on any atom is 0.243 e. The number of carbonyl (C=O) groups excluding carboxylic acids is 1. The summed E-state index contributed by atoms with van der Waals surface area (Å²) in [6.07, 6.45) is 7.18. The lowest BCUT2D eigenvalue weighted by Gasteiger charge is -2.27. The van der Waals surface area contributed by atoms with Crippen LogP contribution in [0.5, 0.6) is 5.75 Å². The van der Waals surface area contributed by atoms with E-state index < -0.39 is 0 Å². The zero-order chi connectivity index (χ0) is 20.6. The molecule has 1 unspecified atom stereocenters. The molecule has 1 atom stereocenters. The summed E-state index contributed by atoms with van der Waals surface area (Å²) < 4.78 is 5.52. The number of carbonyl (C=O) groups is 1. The molecule has 1 aliphatic heterocycles. The van der Waals surface area contributed by atoms with E-state index >= 15 is 0 Å². The van der Waals surface area contributed by atoms with Crippen LogP contribution in [-0.2, 0) is 4.79 Å². The minimum atomic E-state index is 0.0109. The number of nitrogens with zero attached hydrogens (tertiary/aromatic N) is 3. The highest BCUT2D eigenvalue weighted by atomic mass is 16.5. The predicted molar refractivity (Wildman–Crippen MR) is 118 cm³/mol. The Kier molecular flexibility index (Phi) is 7.61. The zero-order valence-corrected chi connectivity index (χ0v) is 18.0. The highest BCUT2D eigenvalue weighted by Crippen LogP contribution is 2.30. The van der Waals surface area contributed by atoms with E-state index in [2.05, 4.69) is 26.6 Å². The van der Waals surface area contributed by atoms with Gasteiger partial charge in [-0.2, -0.15) is 0 Å². The number of hydrogen-bond donors (Lipinski definition) is 2. The van der Waals surface area contributed by atoms with Crippen LogP contribution < -0.4 is 20.3 Å². The van der Waals surface area contributed by atoms with Gasteiger partial charge in [-0.1, -0.05) is 31.4 Å². The molecule has 160 valence electrons. The van der Waals surface area contributed by atoms with Crippen LogP contribution in [0.1, 0.15) is 38.5 Å². The van der Waals surface area contributed by atoms with E-state index in [1.54, 1.807) is 26.1 Å². The van der Waals surface area contributed by atoms with E-state index in [0.717, 1.165) is 36.9 Å². The Hall–Kier alpha value is -2.44. The molecule has 1 aliphatic carbocycles. The number of methoxy groups -OCH3 is 1. The van der Waals surface area contributed by atoms with Gasteiger partial charge in [-0.3, -0.25) is 4.79 Å². The van der Waals surface area contributed by atoms with Gasteiger partial charge in [-0.25, -0.2) is 4.99 Å². The minimum absolute atomic E-state index is 0.0109. The number of likely N-dealkylation sites (N-methyl/N-ethyl adjacent to an activating group) is 1. The van der Waals surface area contributed by atoms with Gasteiger partial charge in [0, 0.05) is 39.3 Å². The van der Waals surface area contributed by atoms with Crippen LogP contribution in [-0.4, -0.2) is 69.7 Å². The third kappa shape index (κ3) is 6.02. The minimum Gasteiger partial charge on any atom is -0.495 e. The molecular formula is C22H35N5O2. The smallest absolute Gasteiger partial charge is 0.243 e. The Morgan fingerprint density at radius 2 is 1.86 bits per heavy atom. The van der Waals surface area contributed by atoms with Gasteiger partial charge < -0.3 is 25.2 Å². The fraction of sp³-hybridized carbons (Fsp3) is 0.636. The first-order chi connectivity index (χ1) is 14.1. The van der Waals surface area contributed by atoms with Crippen LogP contribution in [0.2, 0.25) is 0 Å². The quantitative estimate of drug-likeness (QED) is 0.565. The number of guanidine groups is 1. The number of benzene rings is 1. The second-order valence-corrected chi connectivity index (χ2v) is 8.18. The Bertz CT molecular complexity index is 700. The van der Waals surface area contributed by atoms with Crippen molar-refractivity contribution in [3.05, 3.63) is 24.3 Å². The average Bonchev–Trinajstić information content (AvgIpc) is 3.20. The number of para-hydroxylation sites is 2. The summed E-state index contributed by atoms with van der Waals surface area (Å²) in [5, 5.41) is 7.16. The van der Waals surface area contributed by atoms with Gasteiger partial charge >= 0.3 is 0 Å². The van der Waals surface area contributed by atoms with Gasteiger partial charge in [0.1, 0.15) is 12.3 Å². The maximum absolute atomic E-state index is 12.0. The normalized spacial score (nSPS) is 20.4. The molecule has 1 aromatic rings. The van der Waals surface area contributed by atoms with Crippen molar-refractivity contribution in [3.8, 4) is 5.75 Å². The number of aliphatic imine (C=N–C) groups is 1. The van der Waals surface area contributed by atoms with Crippen molar-refractivity contribution in [2.24, 2.45) is 4.99 Å². The summed E-state index contributed by atoms with van der Waals surface area (Å²) in [4.78, 5) is 20.6. The topological polar surface area (TPSA) is 69.2 Å². The van der Waals surface area contributed by atoms with Crippen LogP contribution in [0.4, 0.5) is 5.69 Å². The number of ether oxygens (including phenoxy) is 1. The molecule has 1 amide bonds. The lowest BCUT2D eigenvalue weighted by molar-refractivity contribution is -0.127. The molecular weight excluding hydrogens is 366 g/mol. The molecule has 0 spiro atoms. The number of hydrogen-bond acceptors (Lipinski definition) is 4. The van der Waals surface area contributed by atoms with E-state index in [1.165, 1.54) is 32.1 Å². The van der Waals surface area contributed by atoms with Gasteiger partial charge in [0.2, 0.25) is 5.91 Å². The summed E-state index contributed by atoms with van der Waals surface area (Å²) >= 11 is 0. The molecule has 1 heterocycles. The molecule has 3 rings (SSSR count). The first-order valence-corrected chi connectivity index (χ1v) is 10.7. The number of nitrogens with one attached hydrogen (secondary N) is 2. The highest BCUT2D eigenvalue weighted by Gasteiger charge is 2.26. The Morgan fingerprint density at radius 1 is 1.14 bits per heavy atom. The molecule has 7 heteroatoms. The molecule has 7 nitrogen and oxygen atoms in total. The summed E-state index contributed by atoms with van der Waals surface area (Å²) in [7, 11) is 5.24. The van der Waals surface area contributed by atoms with Crippen molar-refractivity contribution in [2.75, 3.05) is 45.7 Å². The summed E-state index contributed by atoms with van der Waals surface area (Å²) in [5.41, 5.74) is 1.13. The molecule has 2 fully saturated rings. The van der Waals surface area contributed by atoms with Gasteiger partial charge in [0.15, 0.2) is 5.96 Å². The van der Waals surface area contributed by atoms with Crippen molar-refractivity contribution in [1.82, 2.24) is 15.5 Å². The van der Waals surface area contributed by atoms with E-state index in [9.17, 15) is 4.79 Å². The molecule has 2 aliphatic rings. The molecule has 0 bridgehead atoms. The van der Waals surface area contributed by atoms with Crippen molar-refractivity contribution in [2.45, 2.75) is 50.6 Å². The monoisotopic (exact) mass is 401 g/mol. The van der Waals surface area contributed by atoms with Crippen LogP contribution >= 0.6 is 0 Å². The van der Waals surface area contributed by atoms with Gasteiger partial charge in [-0.05, 0) is 31.4 Å². The Morgan fingerprint density at radius 3 is 2.59 bits per heavy atom. The lowest BCUT2D eigenvalue weighted by Crippen LogP contribution is -2.49. The number of rotatable bonds is 6. The third-order valence-electron chi connectivity index (χ3n) is 5.77. The van der Waals surface area contributed by atoms with Crippen molar-refractivity contribution >= 4 is 17.6 Å². The van der Waals surface area contributed by atoms with Gasteiger partial charge in [0.05, 0.1) is 12.8 Å². The second-order valence-electron chi connectivity index (χ2n) is 8.18. The maximum atomic E-state index is 12.0. The molecule has 0 aromatic heterocycles. The second kappa shape index (κ2) is 10.4. The molecule has 1 saturated heterocycles. The van der Waals surface area contributed by atoms with E-state index in [1.807, 2.05) is 18.2 Å². The average molecular weight is 402 g/mol. The first kappa shape index (κ1) is 21.3. The lowest BCUT2D eigenvalue weighted by atomic mass is 9.96. The predicted octanol–water partition coefficient (Wildman–Crippen LogP) is 2.23. The molecule has 0 radical (unpaired) electrons. The molecule has 1 saturated carbocycles. The third-order valence-corrected chi connectivity index (χ3v) is 5.77. The van der Waals surface area contributed by atoms with Crippen LogP contribution in [0.25, 0.3) is 0 Å². The summed E-state index contributed by atoms with van der Waals surface area (Å²) in [6, 6.07) is 8.87. The zero-order valence-electron chi connectivity index (χ0n) is 18.0. The van der Waals surface area contributed by atoms with Gasteiger partial charge in [0.25, 0.3) is 0 Å².